The predicted molar refractivity (Wildman–Crippen MR) is 143 cm³/mol. The van der Waals surface area contributed by atoms with Crippen LogP contribution in [0.5, 0.6) is 5.75 Å². The van der Waals surface area contributed by atoms with Crippen molar-refractivity contribution in [2.75, 3.05) is 17.7 Å². The predicted octanol–water partition coefficient (Wildman–Crippen LogP) is 8.25. The van der Waals surface area contributed by atoms with E-state index in [1.54, 1.807) is 30.6 Å². The van der Waals surface area contributed by atoms with Crippen molar-refractivity contribution in [3.63, 3.8) is 0 Å². The third-order valence-electron chi connectivity index (χ3n) is 4.95. The molecule has 4 rings (SSSR count). The van der Waals surface area contributed by atoms with Crippen LogP contribution in [0.4, 0.5) is 16.2 Å². The van der Waals surface area contributed by atoms with E-state index in [0.29, 0.717) is 27.2 Å². The molecule has 3 aromatic carbocycles. The lowest BCUT2D eigenvalue weighted by Gasteiger charge is -2.12. The van der Waals surface area contributed by atoms with E-state index < -0.39 is 0 Å². The number of nitrogens with one attached hydrogen (secondary N) is 2. The number of carbonyl (C=O) groups is 1. The number of benzene rings is 3. The van der Waals surface area contributed by atoms with Crippen LogP contribution in [0, 0.1) is 6.92 Å². The molecule has 172 valence electrons. The number of aryl methyl sites for hydroxylation is 1. The summed E-state index contributed by atoms with van der Waals surface area (Å²) in [7, 11) is 1.57. The smallest absolute Gasteiger partial charge is 0.323 e. The van der Waals surface area contributed by atoms with Crippen LogP contribution in [0.2, 0.25) is 10.0 Å². The van der Waals surface area contributed by atoms with Gasteiger partial charge in [0.05, 0.1) is 17.7 Å². The number of carbonyl (C=O) groups excluding carboxylic acids is 1. The molecule has 0 aliphatic carbocycles. The normalized spacial score (nSPS) is 10.9. The van der Waals surface area contributed by atoms with E-state index in [2.05, 4.69) is 15.6 Å². The van der Waals surface area contributed by atoms with Gasteiger partial charge in [0.2, 0.25) is 0 Å². The molecule has 0 aliphatic rings. The maximum atomic E-state index is 12.4. The van der Waals surface area contributed by atoms with E-state index in [1.807, 2.05) is 73.8 Å². The summed E-state index contributed by atoms with van der Waals surface area (Å²) in [6.07, 6.45) is 5.57. The van der Waals surface area contributed by atoms with Crippen molar-refractivity contribution in [2.45, 2.75) is 6.92 Å². The SMILES string of the molecule is COc1ccc(C)cc1NC(=O)Nc1ccc(-c2cnc(/C=C/c3c(Cl)cccc3Cl)s2)cc1. The zero-order chi connectivity index (χ0) is 24.1. The van der Waals surface area contributed by atoms with Crippen LogP contribution in [0.1, 0.15) is 16.1 Å². The summed E-state index contributed by atoms with van der Waals surface area (Å²) in [5.74, 6) is 0.600. The van der Waals surface area contributed by atoms with Gasteiger partial charge in [0.25, 0.3) is 0 Å². The first kappa shape index (κ1) is 23.8. The van der Waals surface area contributed by atoms with Crippen molar-refractivity contribution in [3.8, 4) is 16.2 Å². The van der Waals surface area contributed by atoms with Crippen molar-refractivity contribution in [1.82, 2.24) is 4.98 Å². The molecule has 0 bridgehead atoms. The molecule has 4 aromatic rings. The van der Waals surface area contributed by atoms with Gasteiger partial charge in [0.15, 0.2) is 0 Å². The number of aromatic nitrogens is 1. The van der Waals surface area contributed by atoms with Crippen molar-refractivity contribution < 1.29 is 9.53 Å². The van der Waals surface area contributed by atoms with E-state index in [4.69, 9.17) is 27.9 Å². The van der Waals surface area contributed by atoms with E-state index >= 15 is 0 Å². The number of methoxy groups -OCH3 is 1. The van der Waals surface area contributed by atoms with E-state index in [-0.39, 0.29) is 6.03 Å². The van der Waals surface area contributed by atoms with Crippen molar-refractivity contribution in [2.24, 2.45) is 0 Å². The van der Waals surface area contributed by atoms with Crippen LogP contribution in [0.15, 0.2) is 66.9 Å². The van der Waals surface area contributed by atoms with Crippen molar-refractivity contribution in [1.29, 1.82) is 0 Å². The summed E-state index contributed by atoms with van der Waals surface area (Å²) in [6, 6.07) is 18.2. The molecule has 0 aliphatic heterocycles. The summed E-state index contributed by atoms with van der Waals surface area (Å²) in [6.45, 7) is 1.95. The lowest BCUT2D eigenvalue weighted by molar-refractivity contribution is 0.262. The number of hydrogen-bond acceptors (Lipinski definition) is 4. The van der Waals surface area contributed by atoms with Crippen LogP contribution >= 0.6 is 34.5 Å². The molecule has 0 saturated heterocycles. The highest BCUT2D eigenvalue weighted by molar-refractivity contribution is 7.16. The Morgan fingerprint density at radius 2 is 1.74 bits per heavy atom. The number of anilines is 2. The first-order valence-corrected chi connectivity index (χ1v) is 11.9. The summed E-state index contributed by atoms with van der Waals surface area (Å²) in [5.41, 5.74) is 4.07. The number of hydrogen-bond donors (Lipinski definition) is 2. The van der Waals surface area contributed by atoms with Gasteiger partial charge in [0, 0.05) is 27.5 Å². The average molecular weight is 510 g/mol. The molecule has 0 unspecified atom stereocenters. The Morgan fingerprint density at radius 1 is 1.00 bits per heavy atom. The number of rotatable bonds is 6. The average Bonchev–Trinajstić information content (AvgIpc) is 3.28. The molecule has 0 spiro atoms. The molecule has 8 heteroatoms. The van der Waals surface area contributed by atoms with Gasteiger partial charge < -0.3 is 15.4 Å². The second kappa shape index (κ2) is 10.7. The van der Waals surface area contributed by atoms with Gasteiger partial charge in [-0.2, -0.15) is 0 Å². The van der Waals surface area contributed by atoms with Gasteiger partial charge in [-0.15, -0.1) is 11.3 Å². The lowest BCUT2D eigenvalue weighted by atomic mass is 10.2. The molecular weight excluding hydrogens is 489 g/mol. The third-order valence-corrected chi connectivity index (χ3v) is 6.62. The molecule has 1 heterocycles. The van der Waals surface area contributed by atoms with Crippen LogP contribution in [-0.4, -0.2) is 18.1 Å². The number of urea groups is 1. The second-order valence-corrected chi connectivity index (χ2v) is 9.27. The largest absolute Gasteiger partial charge is 0.495 e. The highest BCUT2D eigenvalue weighted by atomic mass is 35.5. The minimum atomic E-state index is -0.347. The highest BCUT2D eigenvalue weighted by Crippen LogP contribution is 2.30. The Labute approximate surface area is 212 Å². The first-order chi connectivity index (χ1) is 16.4. The van der Waals surface area contributed by atoms with Crippen LogP contribution in [-0.2, 0) is 0 Å². The standard InChI is InChI=1S/C26H21Cl2N3O2S/c1-16-6-12-23(33-2)22(14-16)31-26(32)30-18-9-7-17(8-10-18)24-15-29-25(34-24)13-11-19-20(27)4-3-5-21(19)28/h3-15H,1-2H3,(H2,30,31,32)/b13-11+. The fourth-order valence-electron chi connectivity index (χ4n) is 3.24. The Kier molecular flexibility index (Phi) is 7.53. The molecule has 1 aromatic heterocycles. The molecule has 2 N–H and O–H groups in total. The van der Waals surface area contributed by atoms with E-state index in [0.717, 1.165) is 26.6 Å². The van der Waals surface area contributed by atoms with Crippen LogP contribution in [0.25, 0.3) is 22.6 Å². The first-order valence-electron chi connectivity index (χ1n) is 10.3. The van der Waals surface area contributed by atoms with E-state index in [9.17, 15) is 4.79 Å². The Bertz CT molecular complexity index is 1330. The molecule has 34 heavy (non-hydrogen) atoms. The summed E-state index contributed by atoms with van der Waals surface area (Å²) >= 11 is 14.0. The summed E-state index contributed by atoms with van der Waals surface area (Å²) in [4.78, 5) is 17.9. The lowest BCUT2D eigenvalue weighted by Crippen LogP contribution is -2.19. The molecule has 0 saturated carbocycles. The summed E-state index contributed by atoms with van der Waals surface area (Å²) in [5, 5.41) is 7.68. The van der Waals surface area contributed by atoms with Gasteiger partial charge in [-0.05, 0) is 66.6 Å². The minimum absolute atomic E-state index is 0.347. The van der Waals surface area contributed by atoms with Crippen molar-refractivity contribution in [3.05, 3.63) is 93.0 Å². The molecule has 2 amide bonds. The Morgan fingerprint density at radius 3 is 2.44 bits per heavy atom. The van der Waals surface area contributed by atoms with Gasteiger partial charge in [-0.25, -0.2) is 9.78 Å². The minimum Gasteiger partial charge on any atom is -0.495 e. The maximum Gasteiger partial charge on any atom is 0.323 e. The number of ether oxygens (including phenoxy) is 1. The Balaban J connectivity index is 1.41. The fraction of sp³-hybridized carbons (Fsp3) is 0.0769. The quantitative estimate of drug-likeness (QED) is 0.275. The topological polar surface area (TPSA) is 63.2 Å². The maximum absolute atomic E-state index is 12.4. The Hall–Kier alpha value is -3.32. The number of nitrogens with zero attached hydrogens (tertiary/aromatic N) is 1. The zero-order valence-electron chi connectivity index (χ0n) is 18.4. The van der Waals surface area contributed by atoms with Gasteiger partial charge in [-0.1, -0.05) is 47.5 Å². The van der Waals surface area contributed by atoms with Crippen LogP contribution < -0.4 is 15.4 Å². The second-order valence-electron chi connectivity index (χ2n) is 7.39. The highest BCUT2D eigenvalue weighted by Gasteiger charge is 2.09. The third kappa shape index (κ3) is 5.78. The number of halogens is 2. The van der Waals surface area contributed by atoms with Gasteiger partial charge in [0.1, 0.15) is 10.8 Å². The monoisotopic (exact) mass is 509 g/mol. The van der Waals surface area contributed by atoms with Crippen molar-refractivity contribution >= 4 is 64.1 Å². The van der Waals surface area contributed by atoms with Gasteiger partial charge in [-0.3, -0.25) is 0 Å². The zero-order valence-corrected chi connectivity index (χ0v) is 20.8. The molecule has 5 nitrogen and oxygen atoms in total. The molecule has 0 fully saturated rings. The van der Waals surface area contributed by atoms with E-state index in [1.165, 1.54) is 0 Å². The molecule has 0 radical (unpaired) electrons. The van der Waals surface area contributed by atoms with Crippen LogP contribution in [0.3, 0.4) is 0 Å². The number of amides is 2. The molecule has 0 atom stereocenters. The van der Waals surface area contributed by atoms with Gasteiger partial charge >= 0.3 is 6.03 Å². The summed E-state index contributed by atoms with van der Waals surface area (Å²) < 4.78 is 5.31. The number of thiazole rings is 1. The fourth-order valence-corrected chi connectivity index (χ4v) is 4.59. The molecular formula is C26H21Cl2N3O2S.